The Bertz CT molecular complexity index is 795. The van der Waals surface area contributed by atoms with Crippen molar-refractivity contribution in [2.45, 2.75) is 104 Å². The van der Waals surface area contributed by atoms with Gasteiger partial charge in [0.1, 0.15) is 5.41 Å². The molecule has 0 spiro atoms. The molecule has 16 nitrogen and oxygen atoms in total. The number of rotatable bonds is 16. The van der Waals surface area contributed by atoms with Crippen LogP contribution in [0, 0.1) is 10.8 Å². The van der Waals surface area contributed by atoms with Crippen molar-refractivity contribution in [2.24, 2.45) is 10.8 Å². The molecule has 0 aliphatic heterocycles. The van der Waals surface area contributed by atoms with Gasteiger partial charge in [-0.3, -0.25) is 9.59 Å². The molecule has 2 unspecified atom stereocenters. The van der Waals surface area contributed by atoms with Gasteiger partial charge in [-0.1, -0.05) is 54.4 Å². The van der Waals surface area contributed by atoms with Crippen molar-refractivity contribution < 1.29 is 106 Å². The number of aliphatic carboxylic acids is 6. The van der Waals surface area contributed by atoms with Crippen LogP contribution < -0.4 is 20.4 Å². The van der Waals surface area contributed by atoms with E-state index in [0.717, 1.165) is 12.8 Å². The third-order valence-electron chi connectivity index (χ3n) is 6.72. The normalized spacial score (nSPS) is 13.3. The maximum Gasteiger partial charge on any atom is 4.00 e. The Morgan fingerprint density at radius 3 is 0.977 bits per heavy atom. The quantitative estimate of drug-likeness (QED) is 0.0944. The molecule has 43 heavy (non-hydrogen) atoms. The first-order chi connectivity index (χ1) is 19.2. The summed E-state index contributed by atoms with van der Waals surface area (Å²) in [5.41, 5.74) is -9.96. The van der Waals surface area contributed by atoms with E-state index in [4.69, 9.17) is 20.4 Å². The van der Waals surface area contributed by atoms with Gasteiger partial charge in [-0.25, -0.2) is 9.59 Å². The van der Waals surface area contributed by atoms with Crippen molar-refractivity contribution in [1.29, 1.82) is 0 Å². The Morgan fingerprint density at radius 2 is 0.837 bits per heavy atom. The fourth-order valence-electron chi connectivity index (χ4n) is 3.93. The Balaban J connectivity index is -0.000000175. The standard InChI is InChI=1S/2C10H16O7.2C3H7O.Zr/c2*1-3-9(4-2,7(13)14)10(17,8(15)16)5-6(11)12;2*1-2-3-4;/h2*17H,3-5H2,1-2H3,(H,11,12)(H,13,14)(H,15,16);2*2-3H2,1H3;/q;;2*-1;+4/p-2. The van der Waals surface area contributed by atoms with Crippen molar-refractivity contribution in [2.75, 3.05) is 13.2 Å². The molecule has 0 aliphatic carbocycles. The summed E-state index contributed by atoms with van der Waals surface area (Å²) in [6.45, 7) is 9.34. The molecule has 0 heterocycles. The molecular formula is C26H44O16Zr. The summed E-state index contributed by atoms with van der Waals surface area (Å²) in [5.74, 6) is -10.5. The molecule has 0 aliphatic rings. The van der Waals surface area contributed by atoms with Crippen LogP contribution in [0.25, 0.3) is 0 Å². The van der Waals surface area contributed by atoms with Gasteiger partial charge in [0.05, 0.1) is 12.4 Å². The zero-order chi connectivity index (χ0) is 34.5. The fourth-order valence-corrected chi connectivity index (χ4v) is 3.93. The van der Waals surface area contributed by atoms with Gasteiger partial charge in [0.2, 0.25) is 0 Å². The van der Waals surface area contributed by atoms with Gasteiger partial charge in [-0.15, -0.1) is 13.2 Å². The summed E-state index contributed by atoms with van der Waals surface area (Å²) in [5, 5.41) is 95.6. The average molecular weight is 704 g/mol. The van der Waals surface area contributed by atoms with Gasteiger partial charge in [0.15, 0.2) is 11.2 Å². The van der Waals surface area contributed by atoms with E-state index in [1.807, 2.05) is 13.8 Å². The van der Waals surface area contributed by atoms with Crippen LogP contribution in [0.1, 0.15) is 92.9 Å². The largest absolute Gasteiger partial charge is 4.00 e. The fraction of sp³-hybridized carbons (Fsp3) is 0.769. The van der Waals surface area contributed by atoms with Crippen LogP contribution in [0.5, 0.6) is 0 Å². The minimum Gasteiger partial charge on any atom is -0.854 e. The maximum atomic E-state index is 11.2. The zero-order valence-corrected chi connectivity index (χ0v) is 27.8. The number of carbonyl (C=O) groups excluding carboxylic acids is 2. The Kier molecular flexibility index (Phi) is 27.9. The molecule has 6 N–H and O–H groups in total. The molecule has 0 aromatic carbocycles. The second kappa shape index (κ2) is 23.9. The first-order valence-electron chi connectivity index (χ1n) is 13.1. The molecule has 0 amide bonds. The Labute approximate surface area is 269 Å². The minimum atomic E-state index is -2.95. The maximum absolute atomic E-state index is 11.2. The molecule has 0 bridgehead atoms. The van der Waals surface area contributed by atoms with Crippen LogP contribution in [-0.2, 0) is 55.0 Å². The molecule has 0 saturated carbocycles. The predicted octanol–water partition coefficient (Wildman–Crippen LogP) is -2.82. The van der Waals surface area contributed by atoms with Gasteiger partial charge in [-0.2, -0.15) is 0 Å². The van der Waals surface area contributed by atoms with Crippen LogP contribution in [0.3, 0.4) is 0 Å². The molecule has 248 valence electrons. The van der Waals surface area contributed by atoms with Crippen LogP contribution in [-0.4, -0.2) is 90.9 Å². The Hall–Kier alpha value is -2.46. The topological polar surface area (TPSA) is 316 Å². The molecule has 0 saturated heterocycles. The van der Waals surface area contributed by atoms with Crippen molar-refractivity contribution in [3.8, 4) is 0 Å². The van der Waals surface area contributed by atoms with E-state index in [0.29, 0.717) is 0 Å². The smallest absolute Gasteiger partial charge is 0.854 e. The van der Waals surface area contributed by atoms with Crippen molar-refractivity contribution in [3.63, 3.8) is 0 Å². The molecule has 0 aromatic rings. The monoisotopic (exact) mass is 702 g/mol. The molecule has 0 aromatic heterocycles. The van der Waals surface area contributed by atoms with Crippen LogP contribution >= 0.6 is 0 Å². The van der Waals surface area contributed by atoms with Gasteiger partial charge >= 0.3 is 50.1 Å². The predicted molar refractivity (Wildman–Crippen MR) is 136 cm³/mol. The molecule has 2 atom stereocenters. The van der Waals surface area contributed by atoms with E-state index in [1.165, 1.54) is 27.7 Å². The number of carboxylic acid groups (broad SMARTS) is 6. The van der Waals surface area contributed by atoms with E-state index in [-0.39, 0.29) is 65.1 Å². The number of hydrogen-bond donors (Lipinski definition) is 6. The summed E-state index contributed by atoms with van der Waals surface area (Å²) >= 11 is 0. The number of carboxylic acids is 6. The number of hydrogen-bond acceptors (Lipinski definition) is 12. The van der Waals surface area contributed by atoms with E-state index in [9.17, 15) is 59.4 Å². The summed E-state index contributed by atoms with van der Waals surface area (Å²) in [4.78, 5) is 65.4. The Morgan fingerprint density at radius 1 is 0.558 bits per heavy atom. The molecule has 17 heteroatoms. The average Bonchev–Trinajstić information content (AvgIpc) is 2.89. The zero-order valence-electron chi connectivity index (χ0n) is 25.3. The van der Waals surface area contributed by atoms with Crippen LogP contribution in [0.15, 0.2) is 0 Å². The summed E-state index contributed by atoms with van der Waals surface area (Å²) in [7, 11) is 0. The van der Waals surface area contributed by atoms with E-state index in [1.54, 1.807) is 0 Å². The van der Waals surface area contributed by atoms with Gasteiger partial charge in [0.25, 0.3) is 0 Å². The molecular weight excluding hydrogens is 659 g/mol. The molecule has 0 radical (unpaired) electrons. The first-order valence-corrected chi connectivity index (χ1v) is 13.1. The number of aliphatic hydroxyl groups is 2. The third kappa shape index (κ3) is 13.8. The summed E-state index contributed by atoms with van der Waals surface area (Å²) < 4.78 is 0. The third-order valence-corrected chi connectivity index (χ3v) is 6.72. The second-order valence-electron chi connectivity index (χ2n) is 9.03. The summed E-state index contributed by atoms with van der Waals surface area (Å²) in [6.07, 6.45) is -1.86. The minimum absolute atomic E-state index is 0. The van der Waals surface area contributed by atoms with E-state index >= 15 is 0 Å². The first kappa shape index (κ1) is 50.2. The SMILES string of the molecule is CCC(CC)(C(=O)O)C(O)(CC(=O)O)C(=O)O.CCC(CC)(C(=O)[O-])C(O)(CC(=O)[O-])C(=O)O.CCC[O-].CCC[O-].[Zr+4]. The molecule has 0 rings (SSSR count). The van der Waals surface area contributed by atoms with Gasteiger partial charge < -0.3 is 60.7 Å². The van der Waals surface area contributed by atoms with Gasteiger partial charge in [-0.05, 0) is 25.7 Å². The van der Waals surface area contributed by atoms with Crippen molar-refractivity contribution >= 4 is 35.8 Å². The summed E-state index contributed by atoms with van der Waals surface area (Å²) in [6, 6.07) is 0. The van der Waals surface area contributed by atoms with Crippen molar-refractivity contribution in [1.82, 2.24) is 0 Å². The van der Waals surface area contributed by atoms with Crippen molar-refractivity contribution in [3.05, 3.63) is 0 Å². The second-order valence-corrected chi connectivity index (χ2v) is 9.03. The van der Waals surface area contributed by atoms with Gasteiger partial charge in [0, 0.05) is 17.8 Å². The van der Waals surface area contributed by atoms with E-state index < -0.39 is 70.7 Å². The van der Waals surface area contributed by atoms with Crippen LogP contribution in [0.4, 0.5) is 0 Å². The number of carbonyl (C=O) groups is 6. The van der Waals surface area contributed by atoms with Crippen LogP contribution in [0.2, 0.25) is 0 Å². The van der Waals surface area contributed by atoms with E-state index in [2.05, 4.69) is 0 Å². The molecule has 0 fully saturated rings.